The van der Waals surface area contributed by atoms with Gasteiger partial charge in [0, 0.05) is 53.9 Å². The average molecular weight is 657 g/mol. The average Bonchev–Trinajstić information content (AvgIpc) is 2.88. The molecule has 0 unspecified atom stereocenters. The Morgan fingerprint density at radius 3 is 1.03 bits per heavy atom. The molecule has 13 heteroatoms. The summed E-state index contributed by atoms with van der Waals surface area (Å²) in [5.74, 6) is -0.763. The summed E-state index contributed by atoms with van der Waals surface area (Å²) in [5.41, 5.74) is 1.21. The SMILES string of the molecule is [O-]Cc1ccccn1.[O-]Cc1ccccn1.[O-]c1c(Cl)cc(Cl)cc1Cl.[O-]c1c(Cl)cc(Cl)cc1Cl.[Ti+4]. The van der Waals surface area contributed by atoms with E-state index in [-0.39, 0.29) is 66.5 Å². The number of pyridine rings is 2. The van der Waals surface area contributed by atoms with Crippen molar-refractivity contribution in [2.24, 2.45) is 0 Å². The van der Waals surface area contributed by atoms with Crippen LogP contribution in [0.15, 0.2) is 73.1 Å². The maximum Gasteiger partial charge on any atom is 4.00 e. The van der Waals surface area contributed by atoms with Crippen molar-refractivity contribution >= 4 is 69.6 Å². The minimum Gasteiger partial charge on any atom is -0.870 e. The van der Waals surface area contributed by atoms with Crippen LogP contribution >= 0.6 is 69.6 Å². The number of benzene rings is 2. The molecule has 2 aromatic carbocycles. The van der Waals surface area contributed by atoms with Crippen molar-refractivity contribution in [1.29, 1.82) is 0 Å². The number of rotatable bonds is 2. The second-order valence-electron chi connectivity index (χ2n) is 6.33. The Kier molecular flexibility index (Phi) is 19.0. The van der Waals surface area contributed by atoms with Gasteiger partial charge in [-0.1, -0.05) is 106 Å². The molecule has 0 saturated carbocycles. The number of aromatic nitrogens is 2. The molecule has 4 aromatic rings. The third kappa shape index (κ3) is 14.4. The zero-order chi connectivity index (χ0) is 27.1. The van der Waals surface area contributed by atoms with Crippen LogP contribution in [0.5, 0.6) is 11.5 Å². The fourth-order valence-corrected chi connectivity index (χ4v) is 3.66. The summed E-state index contributed by atoms with van der Waals surface area (Å²) < 4.78 is 0. The number of nitrogens with zero attached hydrogens (tertiary/aromatic N) is 2. The van der Waals surface area contributed by atoms with Gasteiger partial charge in [0.2, 0.25) is 0 Å². The molecule has 0 aliphatic carbocycles. The molecule has 2 aromatic heterocycles. The van der Waals surface area contributed by atoms with Gasteiger partial charge in [-0.15, -0.1) is 0 Å². The molecule has 0 bridgehead atoms. The second kappa shape index (κ2) is 19.7. The smallest absolute Gasteiger partial charge is 0.870 e. The van der Waals surface area contributed by atoms with Gasteiger partial charge in [-0.2, -0.15) is 0 Å². The molecular formula is C24H16Cl6N2O4Ti. The van der Waals surface area contributed by atoms with E-state index in [2.05, 4.69) is 9.97 Å². The molecule has 192 valence electrons. The first kappa shape index (κ1) is 35.7. The summed E-state index contributed by atoms with van der Waals surface area (Å²) in [6, 6.07) is 16.1. The Bertz CT molecular complexity index is 1070. The van der Waals surface area contributed by atoms with Gasteiger partial charge in [0.1, 0.15) is 0 Å². The zero-order valence-electron chi connectivity index (χ0n) is 18.6. The standard InChI is InChI=1S/2C6H3Cl3O.2C6H6NO.Ti/c2*7-3-1-4(8)6(10)5(9)2-3;2*8-5-6-3-1-2-4-7-6;/h2*1-2,10H;2*1-4H,5H2;/q;;2*-1;+4/p-2. The van der Waals surface area contributed by atoms with E-state index in [9.17, 15) is 20.4 Å². The quantitative estimate of drug-likeness (QED) is 0.270. The van der Waals surface area contributed by atoms with Crippen LogP contribution in [0.1, 0.15) is 11.4 Å². The van der Waals surface area contributed by atoms with E-state index in [0.717, 1.165) is 0 Å². The predicted octanol–water partition coefficient (Wildman–Crippen LogP) is 5.32. The first-order valence-electron chi connectivity index (χ1n) is 9.68. The van der Waals surface area contributed by atoms with Crippen LogP contribution in [-0.4, -0.2) is 9.97 Å². The molecule has 0 fully saturated rings. The first-order valence-corrected chi connectivity index (χ1v) is 11.9. The summed E-state index contributed by atoms with van der Waals surface area (Å²) in [5, 5.41) is 42.7. The Morgan fingerprint density at radius 1 is 0.541 bits per heavy atom. The molecule has 0 saturated heterocycles. The summed E-state index contributed by atoms with van der Waals surface area (Å²) in [6.45, 7) is -0.443. The number of hydrogen-bond acceptors (Lipinski definition) is 6. The van der Waals surface area contributed by atoms with Crippen LogP contribution in [0.4, 0.5) is 0 Å². The van der Waals surface area contributed by atoms with Crippen LogP contribution in [0.2, 0.25) is 30.1 Å². The van der Waals surface area contributed by atoms with Crippen LogP contribution in [-0.2, 0) is 34.9 Å². The third-order valence-electron chi connectivity index (χ3n) is 3.67. The summed E-state index contributed by atoms with van der Waals surface area (Å²) in [4.78, 5) is 7.57. The van der Waals surface area contributed by atoms with Crippen molar-refractivity contribution in [1.82, 2.24) is 9.97 Å². The fraction of sp³-hybridized carbons (Fsp3) is 0.0833. The van der Waals surface area contributed by atoms with Crippen LogP contribution in [0.3, 0.4) is 0 Å². The van der Waals surface area contributed by atoms with Crippen molar-refractivity contribution in [3.8, 4) is 11.5 Å². The molecule has 4 rings (SSSR count). The van der Waals surface area contributed by atoms with Crippen LogP contribution < -0.4 is 20.4 Å². The maximum atomic E-state index is 10.8. The molecule has 37 heavy (non-hydrogen) atoms. The van der Waals surface area contributed by atoms with E-state index < -0.39 is 0 Å². The Hall–Kier alpha value is -1.29. The summed E-state index contributed by atoms with van der Waals surface area (Å²) >= 11 is 32.8. The van der Waals surface area contributed by atoms with Gasteiger partial charge in [0.15, 0.2) is 0 Å². The zero-order valence-corrected chi connectivity index (χ0v) is 24.7. The Labute approximate surface area is 259 Å². The normalized spacial score (nSPS) is 9.30. The largest absolute Gasteiger partial charge is 4.00 e. The maximum absolute atomic E-state index is 10.8. The molecular weight excluding hydrogens is 641 g/mol. The van der Waals surface area contributed by atoms with Gasteiger partial charge in [0.25, 0.3) is 0 Å². The van der Waals surface area contributed by atoms with E-state index in [1.54, 1.807) is 48.8 Å². The monoisotopic (exact) mass is 654 g/mol. The molecule has 6 nitrogen and oxygen atoms in total. The molecule has 0 aliphatic heterocycles. The van der Waals surface area contributed by atoms with E-state index in [0.29, 0.717) is 21.4 Å². The molecule has 2 heterocycles. The van der Waals surface area contributed by atoms with E-state index in [1.165, 1.54) is 24.3 Å². The van der Waals surface area contributed by atoms with Crippen molar-refractivity contribution < 1.29 is 42.1 Å². The van der Waals surface area contributed by atoms with Crippen molar-refractivity contribution in [2.75, 3.05) is 0 Å². The topological polar surface area (TPSA) is 118 Å². The minimum absolute atomic E-state index is 0. The van der Waals surface area contributed by atoms with E-state index >= 15 is 0 Å². The summed E-state index contributed by atoms with van der Waals surface area (Å²) in [6.07, 6.45) is 3.24. The van der Waals surface area contributed by atoms with Crippen LogP contribution in [0.25, 0.3) is 0 Å². The fourth-order valence-electron chi connectivity index (χ4n) is 2.02. The Morgan fingerprint density at radius 2 is 0.838 bits per heavy atom. The molecule has 0 radical (unpaired) electrons. The molecule has 0 atom stereocenters. The molecule has 0 aliphatic rings. The van der Waals surface area contributed by atoms with Crippen LogP contribution in [0, 0.1) is 0 Å². The second-order valence-corrected chi connectivity index (χ2v) is 8.83. The van der Waals surface area contributed by atoms with Gasteiger partial charge in [-0.3, -0.25) is 9.97 Å². The molecule has 0 N–H and O–H groups in total. The number of hydrogen-bond donors (Lipinski definition) is 0. The Balaban J connectivity index is 0.000000465. The van der Waals surface area contributed by atoms with Gasteiger partial charge < -0.3 is 20.4 Å². The van der Waals surface area contributed by atoms with E-state index in [4.69, 9.17) is 69.6 Å². The van der Waals surface area contributed by atoms with Gasteiger partial charge in [-0.05, 0) is 48.5 Å². The minimum atomic E-state index is -0.382. The van der Waals surface area contributed by atoms with Gasteiger partial charge in [-0.25, -0.2) is 0 Å². The first-order chi connectivity index (χ1) is 17.1. The summed E-state index contributed by atoms with van der Waals surface area (Å²) in [7, 11) is 0. The predicted molar refractivity (Wildman–Crippen MR) is 138 cm³/mol. The molecule has 0 spiro atoms. The van der Waals surface area contributed by atoms with Crippen molar-refractivity contribution in [2.45, 2.75) is 13.2 Å². The molecule has 0 amide bonds. The van der Waals surface area contributed by atoms with E-state index in [1.807, 2.05) is 0 Å². The number of halogens is 6. The third-order valence-corrected chi connectivity index (χ3v) is 5.23. The van der Waals surface area contributed by atoms with Crippen molar-refractivity contribution in [3.63, 3.8) is 0 Å². The van der Waals surface area contributed by atoms with Gasteiger partial charge >= 0.3 is 21.7 Å². The van der Waals surface area contributed by atoms with Gasteiger partial charge in [0.05, 0.1) is 0 Å². The van der Waals surface area contributed by atoms with Crippen molar-refractivity contribution in [3.05, 3.63) is 115 Å².